The molecule has 1 N–H and O–H groups in total. The fourth-order valence-corrected chi connectivity index (χ4v) is 2.87. The van der Waals surface area contributed by atoms with Crippen LogP contribution in [-0.2, 0) is 0 Å². The molecule has 1 aliphatic carbocycles. The van der Waals surface area contributed by atoms with Crippen molar-refractivity contribution in [3.63, 3.8) is 0 Å². The molecule has 0 atom stereocenters. The summed E-state index contributed by atoms with van der Waals surface area (Å²) in [6.07, 6.45) is 1.61. The van der Waals surface area contributed by atoms with Crippen LogP contribution in [0.5, 0.6) is 0 Å². The van der Waals surface area contributed by atoms with E-state index in [4.69, 9.17) is 0 Å². The number of fused-ring (bicyclic) bond motifs is 1. The second kappa shape index (κ2) is 5.57. The van der Waals surface area contributed by atoms with E-state index in [-0.39, 0.29) is 24.5 Å². The SMILES string of the molecule is FCC1CC(Nc2ccc3nnc(-c4ccccc4F)n3n2)C1. The molecule has 3 aromatic rings. The van der Waals surface area contributed by atoms with Gasteiger partial charge in [0.1, 0.15) is 11.6 Å². The quantitative estimate of drug-likeness (QED) is 0.804. The van der Waals surface area contributed by atoms with Crippen molar-refractivity contribution < 1.29 is 8.78 Å². The summed E-state index contributed by atoms with van der Waals surface area (Å²) in [4.78, 5) is 0. The summed E-state index contributed by atoms with van der Waals surface area (Å²) in [5, 5.41) is 15.8. The van der Waals surface area contributed by atoms with Crippen LogP contribution in [0.1, 0.15) is 12.8 Å². The number of benzene rings is 1. The molecule has 0 aliphatic heterocycles. The van der Waals surface area contributed by atoms with Gasteiger partial charge in [0, 0.05) is 6.04 Å². The molecule has 1 saturated carbocycles. The molecule has 0 spiro atoms. The average Bonchev–Trinajstić information content (AvgIpc) is 2.94. The summed E-state index contributed by atoms with van der Waals surface area (Å²) in [5.41, 5.74) is 0.898. The molecule has 0 bridgehead atoms. The topological polar surface area (TPSA) is 55.1 Å². The Balaban J connectivity index is 1.66. The lowest BCUT2D eigenvalue weighted by atomic mass is 9.81. The van der Waals surface area contributed by atoms with Crippen molar-refractivity contribution in [2.75, 3.05) is 12.0 Å². The van der Waals surface area contributed by atoms with E-state index in [2.05, 4.69) is 20.6 Å². The van der Waals surface area contributed by atoms with Crippen molar-refractivity contribution in [2.24, 2.45) is 5.92 Å². The number of halogens is 2. The zero-order valence-corrected chi connectivity index (χ0v) is 12.3. The number of rotatable bonds is 4. The minimum Gasteiger partial charge on any atom is -0.366 e. The Kier molecular flexibility index (Phi) is 3.40. The molecular formula is C16H15F2N5. The molecule has 0 amide bonds. The van der Waals surface area contributed by atoms with Gasteiger partial charge < -0.3 is 5.32 Å². The van der Waals surface area contributed by atoms with Crippen molar-refractivity contribution in [1.29, 1.82) is 0 Å². The normalized spacial score (nSPS) is 20.4. The number of hydrogen-bond donors (Lipinski definition) is 1. The van der Waals surface area contributed by atoms with Gasteiger partial charge in [-0.2, -0.15) is 4.52 Å². The van der Waals surface area contributed by atoms with E-state index >= 15 is 0 Å². The Hall–Kier alpha value is -2.57. The zero-order valence-electron chi connectivity index (χ0n) is 12.3. The van der Waals surface area contributed by atoms with Gasteiger partial charge in [-0.05, 0) is 43.0 Å². The van der Waals surface area contributed by atoms with E-state index in [0.717, 1.165) is 12.8 Å². The first kappa shape index (κ1) is 14.0. The monoisotopic (exact) mass is 315 g/mol. The van der Waals surface area contributed by atoms with Gasteiger partial charge in [-0.15, -0.1) is 15.3 Å². The third-order valence-corrected chi connectivity index (χ3v) is 4.18. The summed E-state index contributed by atoms with van der Waals surface area (Å²) in [6.45, 7) is -0.270. The fourth-order valence-electron chi connectivity index (χ4n) is 2.87. The molecule has 1 fully saturated rings. The Bertz CT molecular complexity index is 841. The van der Waals surface area contributed by atoms with Crippen LogP contribution in [0, 0.1) is 11.7 Å². The minimum absolute atomic E-state index is 0.153. The number of aromatic nitrogens is 4. The van der Waals surface area contributed by atoms with Crippen LogP contribution in [0.4, 0.5) is 14.6 Å². The van der Waals surface area contributed by atoms with Crippen molar-refractivity contribution >= 4 is 11.5 Å². The molecule has 1 aromatic carbocycles. The molecule has 0 radical (unpaired) electrons. The number of alkyl halides is 1. The molecule has 4 rings (SSSR count). The largest absolute Gasteiger partial charge is 0.366 e. The predicted octanol–water partition coefficient (Wildman–Crippen LogP) is 3.09. The predicted molar refractivity (Wildman–Crippen MR) is 82.3 cm³/mol. The van der Waals surface area contributed by atoms with Crippen molar-refractivity contribution in [2.45, 2.75) is 18.9 Å². The van der Waals surface area contributed by atoms with Crippen LogP contribution < -0.4 is 5.32 Å². The minimum atomic E-state index is -0.369. The first-order chi connectivity index (χ1) is 11.2. The highest BCUT2D eigenvalue weighted by atomic mass is 19.1. The highest BCUT2D eigenvalue weighted by Crippen LogP contribution is 2.30. The van der Waals surface area contributed by atoms with Crippen LogP contribution >= 0.6 is 0 Å². The molecule has 2 heterocycles. The standard InChI is InChI=1S/C16H15F2N5/c17-9-10-7-11(8-10)19-14-5-6-15-20-21-16(23(15)22-14)12-3-1-2-4-13(12)18/h1-6,10-11H,7-9H2,(H,19,22). The van der Waals surface area contributed by atoms with Crippen molar-refractivity contribution in [3.8, 4) is 11.4 Å². The Morgan fingerprint density at radius 1 is 1.13 bits per heavy atom. The van der Waals surface area contributed by atoms with Gasteiger partial charge in [-0.1, -0.05) is 12.1 Å². The van der Waals surface area contributed by atoms with Gasteiger partial charge in [0.2, 0.25) is 0 Å². The lowest BCUT2D eigenvalue weighted by molar-refractivity contribution is 0.222. The second-order valence-electron chi connectivity index (χ2n) is 5.83. The third-order valence-electron chi connectivity index (χ3n) is 4.18. The van der Waals surface area contributed by atoms with Crippen molar-refractivity contribution in [1.82, 2.24) is 19.8 Å². The Labute approximate surface area is 131 Å². The van der Waals surface area contributed by atoms with Crippen LogP contribution in [0.15, 0.2) is 36.4 Å². The molecule has 0 saturated heterocycles. The lowest BCUT2D eigenvalue weighted by Crippen LogP contribution is -2.36. The lowest BCUT2D eigenvalue weighted by Gasteiger charge is -2.34. The Morgan fingerprint density at radius 3 is 2.74 bits per heavy atom. The number of hydrogen-bond acceptors (Lipinski definition) is 4. The van der Waals surface area contributed by atoms with Crippen molar-refractivity contribution in [3.05, 3.63) is 42.2 Å². The molecule has 118 valence electrons. The van der Waals surface area contributed by atoms with Gasteiger partial charge in [-0.25, -0.2) is 4.39 Å². The van der Waals surface area contributed by atoms with E-state index in [0.29, 0.717) is 22.9 Å². The maximum atomic E-state index is 14.0. The van der Waals surface area contributed by atoms with Gasteiger partial charge >= 0.3 is 0 Å². The van der Waals surface area contributed by atoms with Crippen LogP contribution in [0.2, 0.25) is 0 Å². The molecule has 7 heteroatoms. The summed E-state index contributed by atoms with van der Waals surface area (Å²) >= 11 is 0. The number of anilines is 1. The maximum Gasteiger partial charge on any atom is 0.188 e. The smallest absolute Gasteiger partial charge is 0.188 e. The van der Waals surface area contributed by atoms with E-state index in [9.17, 15) is 8.78 Å². The molecule has 2 aromatic heterocycles. The second-order valence-corrected chi connectivity index (χ2v) is 5.83. The van der Waals surface area contributed by atoms with Gasteiger partial charge in [0.05, 0.1) is 12.2 Å². The van der Waals surface area contributed by atoms with Crippen LogP contribution in [0.3, 0.4) is 0 Å². The van der Waals surface area contributed by atoms with Crippen LogP contribution in [-0.4, -0.2) is 32.5 Å². The summed E-state index contributed by atoms with van der Waals surface area (Å²) in [7, 11) is 0. The molecular weight excluding hydrogens is 300 g/mol. The van der Waals surface area contributed by atoms with Gasteiger partial charge in [0.25, 0.3) is 0 Å². The zero-order chi connectivity index (χ0) is 15.8. The van der Waals surface area contributed by atoms with E-state index in [1.807, 2.05) is 0 Å². The molecule has 5 nitrogen and oxygen atoms in total. The summed E-state index contributed by atoms with van der Waals surface area (Å²) in [5.74, 6) is 0.793. The highest BCUT2D eigenvalue weighted by Gasteiger charge is 2.29. The third kappa shape index (κ3) is 2.52. The number of nitrogens with one attached hydrogen (secondary N) is 1. The first-order valence-electron chi connectivity index (χ1n) is 7.54. The molecule has 0 unspecified atom stereocenters. The summed E-state index contributed by atoms with van der Waals surface area (Å²) < 4.78 is 28.0. The van der Waals surface area contributed by atoms with E-state index in [1.165, 1.54) is 10.6 Å². The van der Waals surface area contributed by atoms with Gasteiger partial charge in [0.15, 0.2) is 11.5 Å². The van der Waals surface area contributed by atoms with E-state index < -0.39 is 0 Å². The maximum absolute atomic E-state index is 14.0. The van der Waals surface area contributed by atoms with Gasteiger partial charge in [-0.3, -0.25) is 4.39 Å². The van der Waals surface area contributed by atoms with E-state index in [1.54, 1.807) is 30.3 Å². The molecule has 1 aliphatic rings. The number of nitrogens with zero attached hydrogens (tertiary/aromatic N) is 4. The average molecular weight is 315 g/mol. The Morgan fingerprint density at radius 2 is 1.96 bits per heavy atom. The highest BCUT2D eigenvalue weighted by molar-refractivity contribution is 5.60. The molecule has 23 heavy (non-hydrogen) atoms. The fraction of sp³-hybridized carbons (Fsp3) is 0.312. The van der Waals surface area contributed by atoms with Crippen LogP contribution in [0.25, 0.3) is 17.0 Å². The summed E-state index contributed by atoms with van der Waals surface area (Å²) in [6, 6.07) is 10.2. The first-order valence-corrected chi connectivity index (χ1v) is 7.54.